The minimum absolute atomic E-state index is 0.120. The molecule has 0 unspecified atom stereocenters. The Bertz CT molecular complexity index is 1380. The van der Waals surface area contributed by atoms with Crippen LogP contribution in [-0.4, -0.2) is 93.5 Å². The molecule has 1 amide bonds. The number of hydrogen-bond acceptors (Lipinski definition) is 7. The van der Waals surface area contributed by atoms with Crippen LogP contribution in [-0.2, 0) is 24.2 Å². The van der Waals surface area contributed by atoms with E-state index in [2.05, 4.69) is 58.3 Å². The van der Waals surface area contributed by atoms with Crippen LogP contribution in [0.15, 0.2) is 12.2 Å². The topological polar surface area (TPSA) is 96.0 Å². The van der Waals surface area contributed by atoms with Gasteiger partial charge in [0, 0.05) is 31.7 Å². The van der Waals surface area contributed by atoms with Crippen LogP contribution < -0.4 is 5.32 Å². The summed E-state index contributed by atoms with van der Waals surface area (Å²) in [6, 6.07) is 0. The van der Waals surface area contributed by atoms with Crippen LogP contribution in [0.5, 0.6) is 0 Å². The van der Waals surface area contributed by atoms with Crippen molar-refractivity contribution in [2.24, 2.45) is 51.2 Å². The molecule has 9 heteroatoms. The Labute approximate surface area is 291 Å². The normalized spacial score (nSPS) is 43.3. The molecule has 2 saturated heterocycles. The molecule has 2 aliphatic heterocycles. The van der Waals surface area contributed by atoms with Crippen molar-refractivity contribution in [2.75, 3.05) is 57.9 Å². The lowest BCUT2D eigenvalue weighted by molar-refractivity contribution is -0.241. The molecule has 6 rings (SSSR count). The van der Waals surface area contributed by atoms with Gasteiger partial charge in [0.2, 0.25) is 0 Å². The molecule has 0 aromatic rings. The lowest BCUT2D eigenvalue weighted by Gasteiger charge is -2.73. The summed E-state index contributed by atoms with van der Waals surface area (Å²) in [6.45, 7) is 24.1. The molecule has 48 heavy (non-hydrogen) atoms. The number of carbonyl (C=O) groups is 2. The quantitative estimate of drug-likeness (QED) is 0.158. The molecule has 6 fully saturated rings. The molecule has 0 bridgehead atoms. The Hall–Kier alpha value is -1.45. The second-order valence-corrected chi connectivity index (χ2v) is 20.7. The fraction of sp³-hybridized carbons (Fsp3) is 0.897. The van der Waals surface area contributed by atoms with Gasteiger partial charge in [-0.15, -0.1) is 0 Å². The van der Waals surface area contributed by atoms with E-state index in [-0.39, 0.29) is 16.2 Å². The number of allylic oxidation sites excluding steroid dienone is 1. The Morgan fingerprint density at radius 3 is 2.25 bits per heavy atom. The number of amides is 1. The van der Waals surface area contributed by atoms with Gasteiger partial charge in [0.25, 0.3) is 0 Å². The first kappa shape index (κ1) is 36.3. The number of ether oxygens (including phenoxy) is 1. The van der Waals surface area contributed by atoms with Crippen LogP contribution in [0.4, 0.5) is 0 Å². The number of methoxy groups -OCH3 is 1. The van der Waals surface area contributed by atoms with Gasteiger partial charge in [-0.05, 0) is 149 Å². The third-order valence-corrected chi connectivity index (χ3v) is 17.9. The summed E-state index contributed by atoms with van der Waals surface area (Å²) >= 11 is 0. The monoisotopic (exact) mass is 687 g/mol. The van der Waals surface area contributed by atoms with Gasteiger partial charge in [0.1, 0.15) is 0 Å². The number of fused-ring (bicyclic) bond motifs is 7. The average Bonchev–Trinajstić information content (AvgIpc) is 3.41. The predicted octanol–water partition coefficient (Wildman–Crippen LogP) is 5.72. The zero-order chi connectivity index (χ0) is 34.9. The Kier molecular flexibility index (Phi) is 9.58. The zero-order valence-electron chi connectivity index (χ0n) is 31.2. The van der Waals surface area contributed by atoms with E-state index in [9.17, 15) is 18.0 Å². The summed E-state index contributed by atoms with van der Waals surface area (Å²) in [5, 5.41) is 3.94. The molecule has 0 aromatic heterocycles. The summed E-state index contributed by atoms with van der Waals surface area (Å²) < 4.78 is 28.6. The Balaban J connectivity index is 1.19. The fourth-order valence-electron chi connectivity index (χ4n) is 13.6. The van der Waals surface area contributed by atoms with Crippen LogP contribution in [0, 0.1) is 51.2 Å². The fourth-order valence-corrected chi connectivity index (χ4v) is 14.9. The summed E-state index contributed by atoms with van der Waals surface area (Å²) in [5.74, 6) is 2.25. The van der Waals surface area contributed by atoms with Crippen molar-refractivity contribution in [1.82, 2.24) is 15.1 Å². The van der Waals surface area contributed by atoms with Crippen LogP contribution >= 0.6 is 0 Å². The molecule has 4 aliphatic carbocycles. The van der Waals surface area contributed by atoms with Gasteiger partial charge in [-0.1, -0.05) is 32.9 Å². The number of hydrogen-bond donors (Lipinski definition) is 1. The van der Waals surface area contributed by atoms with Gasteiger partial charge in [0.15, 0.2) is 9.84 Å². The molecule has 6 aliphatic rings. The molecule has 2 heterocycles. The lowest BCUT2D eigenvalue weighted by atomic mass is 9.33. The predicted molar refractivity (Wildman–Crippen MR) is 191 cm³/mol. The van der Waals surface area contributed by atoms with E-state index >= 15 is 0 Å². The van der Waals surface area contributed by atoms with Crippen molar-refractivity contribution < 1.29 is 22.7 Å². The average molecular weight is 688 g/mol. The van der Waals surface area contributed by atoms with Gasteiger partial charge in [-0.3, -0.25) is 4.79 Å². The minimum atomic E-state index is -2.83. The molecular weight excluding hydrogens is 623 g/mol. The van der Waals surface area contributed by atoms with Crippen LogP contribution in [0.3, 0.4) is 0 Å². The van der Waals surface area contributed by atoms with E-state index in [4.69, 9.17) is 4.74 Å². The van der Waals surface area contributed by atoms with Crippen molar-refractivity contribution >= 4 is 21.7 Å². The number of nitrogens with zero attached hydrogens (tertiary/aromatic N) is 2. The number of likely N-dealkylation sites (tertiary alicyclic amines) is 1. The maximum Gasteiger partial charge on any atom is 0.396 e. The summed E-state index contributed by atoms with van der Waals surface area (Å²) in [4.78, 5) is 29.6. The van der Waals surface area contributed by atoms with E-state index in [1.54, 1.807) is 0 Å². The maximum atomic E-state index is 13.2. The first-order chi connectivity index (χ1) is 22.5. The second kappa shape index (κ2) is 12.6. The molecule has 4 saturated carbocycles. The highest BCUT2D eigenvalue weighted by molar-refractivity contribution is 7.91. The summed E-state index contributed by atoms with van der Waals surface area (Å²) in [6.07, 6.45) is 11.9. The number of sulfone groups is 1. The third kappa shape index (κ3) is 5.63. The van der Waals surface area contributed by atoms with E-state index in [1.165, 1.54) is 57.6 Å². The van der Waals surface area contributed by atoms with Crippen molar-refractivity contribution in [3.8, 4) is 0 Å². The molecule has 0 spiro atoms. The van der Waals surface area contributed by atoms with Gasteiger partial charge in [-0.25, -0.2) is 13.2 Å². The standard InChI is InChI=1S/C39H65N3O5S/c1-27(2)28-12-15-39(26-40-19-9-20-41-22-24-48(45,46)25-23-41)17-16-37(6)29(32(28)39)10-11-31-36(5)18-21-42(33(43)34(44)47-8)35(3,4)30(36)13-14-38(31,37)7/h28-32,40H,1,9-26H2,2-8H3/t28-,29+,30-,31+,32+,36-,37+,38+,39+/m0/s1. The SMILES string of the molecule is C=C(C)[C@@H]1CC[C@]2(CNCCCN3CCS(=O)(=O)CC3)CC[C@]3(C)[C@H](CC[C@@H]4[C@@]5(C)CCN(C(=O)C(=O)OC)C(C)(C)[C@@H]5CC[C@]43C)[C@@H]12. The van der Waals surface area contributed by atoms with Crippen LogP contribution in [0.1, 0.15) is 106 Å². The van der Waals surface area contributed by atoms with Crippen molar-refractivity contribution in [3.05, 3.63) is 12.2 Å². The molecule has 1 N–H and O–H groups in total. The molecule has 272 valence electrons. The highest BCUT2D eigenvalue weighted by Crippen LogP contribution is 2.76. The molecule has 0 radical (unpaired) electrons. The van der Waals surface area contributed by atoms with E-state index in [0.29, 0.717) is 66.1 Å². The highest BCUT2D eigenvalue weighted by atomic mass is 32.2. The summed E-state index contributed by atoms with van der Waals surface area (Å²) in [7, 11) is -1.53. The number of esters is 1. The van der Waals surface area contributed by atoms with E-state index < -0.39 is 27.3 Å². The van der Waals surface area contributed by atoms with Crippen molar-refractivity contribution in [3.63, 3.8) is 0 Å². The Morgan fingerprint density at radius 2 is 1.58 bits per heavy atom. The minimum Gasteiger partial charge on any atom is -0.462 e. The summed E-state index contributed by atoms with van der Waals surface area (Å²) in [5.41, 5.74) is 1.91. The maximum absolute atomic E-state index is 13.2. The van der Waals surface area contributed by atoms with Gasteiger partial charge in [0.05, 0.1) is 18.6 Å². The number of rotatable bonds is 7. The Morgan fingerprint density at radius 1 is 0.875 bits per heavy atom. The molecular formula is C39H65N3O5S. The van der Waals surface area contributed by atoms with Crippen molar-refractivity contribution in [2.45, 2.75) is 111 Å². The lowest BCUT2D eigenvalue weighted by Crippen LogP contribution is -2.70. The first-order valence-electron chi connectivity index (χ1n) is 19.1. The van der Waals surface area contributed by atoms with E-state index in [1.807, 2.05) is 4.90 Å². The highest BCUT2D eigenvalue weighted by Gasteiger charge is 2.71. The number of piperidine rings is 1. The van der Waals surface area contributed by atoms with Crippen LogP contribution in [0.25, 0.3) is 0 Å². The molecule has 0 aromatic carbocycles. The third-order valence-electron chi connectivity index (χ3n) is 16.3. The van der Waals surface area contributed by atoms with E-state index in [0.717, 1.165) is 38.9 Å². The van der Waals surface area contributed by atoms with Crippen molar-refractivity contribution in [1.29, 1.82) is 0 Å². The number of nitrogens with one attached hydrogen (secondary N) is 1. The molecule has 8 nitrogen and oxygen atoms in total. The largest absolute Gasteiger partial charge is 0.462 e. The molecule has 9 atom stereocenters. The van der Waals surface area contributed by atoms with Crippen LogP contribution in [0.2, 0.25) is 0 Å². The van der Waals surface area contributed by atoms with Gasteiger partial charge in [-0.2, -0.15) is 0 Å². The first-order valence-corrected chi connectivity index (χ1v) is 21.0. The zero-order valence-corrected chi connectivity index (χ0v) is 32.0. The van der Waals surface area contributed by atoms with Gasteiger partial charge < -0.3 is 19.9 Å². The second-order valence-electron chi connectivity index (χ2n) is 18.4. The smallest absolute Gasteiger partial charge is 0.396 e. The van der Waals surface area contributed by atoms with Gasteiger partial charge >= 0.3 is 11.9 Å². The number of carbonyl (C=O) groups excluding carboxylic acids is 2.